The van der Waals surface area contributed by atoms with Crippen molar-refractivity contribution in [1.29, 1.82) is 5.26 Å². The molecule has 0 unspecified atom stereocenters. The molecule has 128 valence electrons. The lowest BCUT2D eigenvalue weighted by atomic mass is 10.0. The van der Waals surface area contributed by atoms with E-state index in [1.54, 1.807) is 24.3 Å². The summed E-state index contributed by atoms with van der Waals surface area (Å²) in [7, 11) is 0. The predicted octanol–water partition coefficient (Wildman–Crippen LogP) is 3.48. The topological polar surface area (TPSA) is 61.9 Å². The number of para-hydroxylation sites is 2. The van der Waals surface area contributed by atoms with Crippen molar-refractivity contribution in [3.8, 4) is 6.07 Å². The van der Waals surface area contributed by atoms with Crippen molar-refractivity contribution in [1.82, 2.24) is 14.5 Å². The Kier molecular flexibility index (Phi) is 3.32. The average molecular weight is 342 g/mol. The van der Waals surface area contributed by atoms with Gasteiger partial charge in [-0.1, -0.05) is 18.2 Å². The normalized spacial score (nSPS) is 17.1. The van der Waals surface area contributed by atoms with Crippen LogP contribution in [0, 0.1) is 11.3 Å². The maximum absolute atomic E-state index is 12.7. The largest absolute Gasteiger partial charge is 0.334 e. The number of rotatable bonds is 3. The zero-order valence-corrected chi connectivity index (χ0v) is 14.3. The standard InChI is InChI=1S/C21H18N4O/c22-11-14-4-3-5-16(10-14)21(26)24-12-17(13-24)25-19-7-2-1-6-18(19)23-20(25)15-8-9-15/h1-7,10,15,17H,8-9,12-13H2. The highest BCUT2D eigenvalue weighted by atomic mass is 16.2. The number of amides is 1. The minimum absolute atomic E-state index is 0.00394. The molecule has 1 saturated carbocycles. The Morgan fingerprint density at radius 1 is 1.12 bits per heavy atom. The summed E-state index contributed by atoms with van der Waals surface area (Å²) in [4.78, 5) is 19.4. The predicted molar refractivity (Wildman–Crippen MR) is 97.8 cm³/mol. The van der Waals surface area contributed by atoms with Crippen LogP contribution in [-0.2, 0) is 0 Å². The van der Waals surface area contributed by atoms with Crippen LogP contribution in [0.4, 0.5) is 0 Å². The molecule has 1 aromatic heterocycles. The number of hydrogen-bond acceptors (Lipinski definition) is 3. The van der Waals surface area contributed by atoms with E-state index < -0.39 is 0 Å². The van der Waals surface area contributed by atoms with Crippen LogP contribution in [0.1, 0.15) is 46.5 Å². The Balaban J connectivity index is 1.40. The van der Waals surface area contributed by atoms with Crippen LogP contribution in [0.3, 0.4) is 0 Å². The maximum Gasteiger partial charge on any atom is 0.254 e. The maximum atomic E-state index is 12.7. The number of imidazole rings is 1. The summed E-state index contributed by atoms with van der Waals surface area (Å²) < 4.78 is 2.35. The van der Waals surface area contributed by atoms with Gasteiger partial charge in [0.15, 0.2) is 0 Å². The average Bonchev–Trinajstić information content (AvgIpc) is 3.42. The van der Waals surface area contributed by atoms with Crippen LogP contribution in [0.2, 0.25) is 0 Å². The summed E-state index contributed by atoms with van der Waals surface area (Å²) >= 11 is 0. The van der Waals surface area contributed by atoms with Gasteiger partial charge < -0.3 is 9.47 Å². The molecule has 0 atom stereocenters. The van der Waals surface area contributed by atoms with Gasteiger partial charge in [0.25, 0.3) is 5.91 Å². The van der Waals surface area contributed by atoms with E-state index >= 15 is 0 Å². The number of benzene rings is 2. The molecule has 0 spiro atoms. The fourth-order valence-electron chi connectivity index (χ4n) is 3.77. The molecule has 1 aliphatic heterocycles. The van der Waals surface area contributed by atoms with Gasteiger partial charge >= 0.3 is 0 Å². The SMILES string of the molecule is N#Cc1cccc(C(=O)N2CC(n3c(C4CC4)nc4ccccc43)C2)c1. The van der Waals surface area contributed by atoms with Crippen molar-refractivity contribution in [3.63, 3.8) is 0 Å². The molecule has 1 amide bonds. The molecule has 3 aromatic rings. The molecule has 2 fully saturated rings. The molecule has 5 heteroatoms. The summed E-state index contributed by atoms with van der Waals surface area (Å²) in [6.45, 7) is 1.38. The van der Waals surface area contributed by atoms with Crippen molar-refractivity contribution in [2.75, 3.05) is 13.1 Å². The van der Waals surface area contributed by atoms with E-state index in [-0.39, 0.29) is 11.9 Å². The van der Waals surface area contributed by atoms with Gasteiger partial charge in [-0.25, -0.2) is 4.98 Å². The zero-order valence-electron chi connectivity index (χ0n) is 14.3. The molecule has 2 heterocycles. The molecule has 2 aliphatic rings. The van der Waals surface area contributed by atoms with Crippen LogP contribution in [-0.4, -0.2) is 33.4 Å². The molecule has 5 rings (SSSR count). The van der Waals surface area contributed by atoms with Gasteiger partial charge in [-0.05, 0) is 43.2 Å². The third-order valence-electron chi connectivity index (χ3n) is 5.32. The second-order valence-corrected chi connectivity index (χ2v) is 7.16. The first-order chi connectivity index (χ1) is 12.7. The van der Waals surface area contributed by atoms with Gasteiger partial charge in [-0.2, -0.15) is 5.26 Å². The lowest BCUT2D eigenvalue weighted by Gasteiger charge is -2.41. The van der Waals surface area contributed by atoms with Gasteiger partial charge in [0.05, 0.1) is 28.7 Å². The molecule has 5 nitrogen and oxygen atoms in total. The van der Waals surface area contributed by atoms with E-state index in [0.29, 0.717) is 30.1 Å². The number of hydrogen-bond donors (Lipinski definition) is 0. The Hall–Kier alpha value is -3.13. The minimum atomic E-state index is -0.00394. The molecule has 0 radical (unpaired) electrons. The smallest absolute Gasteiger partial charge is 0.254 e. The number of nitrogens with zero attached hydrogens (tertiary/aromatic N) is 4. The monoisotopic (exact) mass is 342 g/mol. The summed E-state index contributed by atoms with van der Waals surface area (Å²) in [5, 5.41) is 9.02. The number of nitriles is 1. The molecule has 2 aromatic carbocycles. The molecule has 0 bridgehead atoms. The van der Waals surface area contributed by atoms with E-state index in [4.69, 9.17) is 10.2 Å². The minimum Gasteiger partial charge on any atom is -0.334 e. The van der Waals surface area contributed by atoms with E-state index in [1.807, 2.05) is 17.0 Å². The van der Waals surface area contributed by atoms with Gasteiger partial charge in [0, 0.05) is 24.6 Å². The number of likely N-dealkylation sites (tertiary alicyclic amines) is 1. The second kappa shape index (κ2) is 5.70. The molecule has 26 heavy (non-hydrogen) atoms. The van der Waals surface area contributed by atoms with Crippen LogP contribution in [0.5, 0.6) is 0 Å². The van der Waals surface area contributed by atoms with Crippen LogP contribution in [0.25, 0.3) is 11.0 Å². The summed E-state index contributed by atoms with van der Waals surface area (Å²) in [5.74, 6) is 1.74. The Morgan fingerprint density at radius 2 is 1.92 bits per heavy atom. The highest BCUT2D eigenvalue weighted by Crippen LogP contribution is 2.43. The first-order valence-corrected chi connectivity index (χ1v) is 9.01. The Bertz CT molecular complexity index is 1050. The van der Waals surface area contributed by atoms with Gasteiger partial charge in [-0.15, -0.1) is 0 Å². The molecular formula is C21H18N4O. The Morgan fingerprint density at radius 3 is 2.69 bits per heavy atom. The number of carbonyl (C=O) groups excluding carboxylic acids is 1. The lowest BCUT2D eigenvalue weighted by Crippen LogP contribution is -2.51. The van der Waals surface area contributed by atoms with Gasteiger partial charge in [0.2, 0.25) is 0 Å². The summed E-state index contributed by atoms with van der Waals surface area (Å²) in [5.41, 5.74) is 3.31. The first kappa shape index (κ1) is 15.2. The van der Waals surface area contributed by atoms with E-state index in [2.05, 4.69) is 22.8 Å². The Labute approximate surface area is 151 Å². The van der Waals surface area contributed by atoms with Crippen LogP contribution >= 0.6 is 0 Å². The van der Waals surface area contributed by atoms with E-state index in [1.165, 1.54) is 18.7 Å². The molecular weight excluding hydrogens is 324 g/mol. The van der Waals surface area contributed by atoms with Crippen molar-refractivity contribution in [3.05, 3.63) is 65.5 Å². The van der Waals surface area contributed by atoms with E-state index in [9.17, 15) is 4.79 Å². The fourth-order valence-corrected chi connectivity index (χ4v) is 3.77. The van der Waals surface area contributed by atoms with E-state index in [0.717, 1.165) is 11.0 Å². The van der Waals surface area contributed by atoms with Crippen molar-refractivity contribution in [2.24, 2.45) is 0 Å². The van der Waals surface area contributed by atoms with Crippen molar-refractivity contribution in [2.45, 2.75) is 24.8 Å². The third-order valence-corrected chi connectivity index (χ3v) is 5.32. The van der Waals surface area contributed by atoms with Crippen LogP contribution < -0.4 is 0 Å². The highest BCUT2D eigenvalue weighted by Gasteiger charge is 2.38. The fraction of sp³-hybridized carbons (Fsp3) is 0.286. The third kappa shape index (κ3) is 2.38. The quantitative estimate of drug-likeness (QED) is 0.732. The molecule has 1 saturated heterocycles. The summed E-state index contributed by atoms with van der Waals surface area (Å²) in [6.07, 6.45) is 2.42. The lowest BCUT2D eigenvalue weighted by molar-refractivity contribution is 0.0522. The first-order valence-electron chi connectivity index (χ1n) is 9.01. The van der Waals surface area contributed by atoms with Crippen molar-refractivity contribution < 1.29 is 4.79 Å². The number of carbonyl (C=O) groups is 1. The summed E-state index contributed by atoms with van der Waals surface area (Å²) in [6, 6.07) is 17.5. The van der Waals surface area contributed by atoms with Crippen LogP contribution in [0.15, 0.2) is 48.5 Å². The molecule has 0 N–H and O–H groups in total. The number of fused-ring (bicyclic) bond motifs is 1. The van der Waals surface area contributed by atoms with Crippen molar-refractivity contribution >= 4 is 16.9 Å². The molecule has 1 aliphatic carbocycles. The number of aromatic nitrogens is 2. The zero-order chi connectivity index (χ0) is 17.7. The highest BCUT2D eigenvalue weighted by molar-refractivity contribution is 5.95. The van der Waals surface area contributed by atoms with Gasteiger partial charge in [0.1, 0.15) is 5.82 Å². The second-order valence-electron chi connectivity index (χ2n) is 7.16. The van der Waals surface area contributed by atoms with Gasteiger partial charge in [-0.3, -0.25) is 4.79 Å².